The van der Waals surface area contributed by atoms with Crippen LogP contribution in [-0.2, 0) is 47.3 Å². The maximum atomic E-state index is 5.48. The number of hydrogen-bond acceptors (Lipinski definition) is 2. The lowest BCUT2D eigenvalue weighted by molar-refractivity contribution is 0.530. The molecular formula is C38H52N4. The third-order valence-corrected chi connectivity index (χ3v) is 10.4. The molecule has 0 atom stereocenters. The quantitative estimate of drug-likeness (QED) is 0.260. The van der Waals surface area contributed by atoms with Gasteiger partial charge in [-0.3, -0.25) is 9.97 Å². The molecule has 5 heterocycles. The van der Waals surface area contributed by atoms with Gasteiger partial charge in [0.25, 0.3) is 0 Å². The molecular weight excluding hydrogens is 512 g/mol. The molecule has 0 spiro atoms. The third-order valence-electron chi connectivity index (χ3n) is 10.4. The van der Waals surface area contributed by atoms with Crippen molar-refractivity contribution in [1.29, 1.82) is 0 Å². The summed E-state index contributed by atoms with van der Waals surface area (Å²) in [4.78, 5) is 19.0. The van der Waals surface area contributed by atoms with Crippen LogP contribution in [-0.4, -0.2) is 19.9 Å². The molecule has 5 rings (SSSR count). The summed E-state index contributed by atoms with van der Waals surface area (Å²) in [6.45, 7) is 27.8. The van der Waals surface area contributed by atoms with Gasteiger partial charge in [0.15, 0.2) is 0 Å². The molecule has 1 aliphatic heterocycles. The van der Waals surface area contributed by atoms with E-state index in [2.05, 4.69) is 129 Å². The molecule has 0 unspecified atom stereocenters. The average Bonchev–Trinajstić information content (AvgIpc) is 3.57. The van der Waals surface area contributed by atoms with Crippen LogP contribution in [0.4, 0.5) is 0 Å². The Morgan fingerprint density at radius 2 is 0.643 bits per heavy atom. The van der Waals surface area contributed by atoms with Gasteiger partial charge in [-0.05, 0) is 128 Å². The van der Waals surface area contributed by atoms with Crippen molar-refractivity contribution in [2.75, 3.05) is 0 Å². The molecule has 0 radical (unpaired) electrons. The molecule has 42 heavy (non-hydrogen) atoms. The second-order valence-electron chi connectivity index (χ2n) is 14.4. The van der Waals surface area contributed by atoms with Crippen LogP contribution >= 0.6 is 0 Å². The van der Waals surface area contributed by atoms with E-state index in [1.807, 2.05) is 0 Å². The Bertz CT molecular complexity index is 1390. The fraction of sp³-hybridized carbons (Fsp3) is 0.526. The van der Waals surface area contributed by atoms with E-state index < -0.39 is 0 Å². The molecule has 0 aliphatic carbocycles. The molecule has 4 aromatic rings. The number of aromatic amines is 2. The zero-order chi connectivity index (χ0) is 30.8. The predicted molar refractivity (Wildman–Crippen MR) is 176 cm³/mol. The van der Waals surface area contributed by atoms with E-state index in [0.29, 0.717) is 0 Å². The van der Waals surface area contributed by atoms with Gasteiger partial charge in [-0.15, -0.1) is 0 Å². The maximum absolute atomic E-state index is 5.48. The Morgan fingerprint density at radius 1 is 0.429 bits per heavy atom. The van der Waals surface area contributed by atoms with Crippen molar-refractivity contribution in [2.24, 2.45) is 0 Å². The third kappa shape index (κ3) is 4.31. The second-order valence-corrected chi connectivity index (χ2v) is 14.4. The minimum atomic E-state index is -0.299. The summed E-state index contributed by atoms with van der Waals surface area (Å²) in [6.07, 6.45) is 3.91. The van der Waals surface area contributed by atoms with Gasteiger partial charge < -0.3 is 9.97 Å². The topological polar surface area (TPSA) is 57.4 Å². The first-order chi connectivity index (χ1) is 19.7. The van der Waals surface area contributed by atoms with Crippen molar-refractivity contribution < 1.29 is 0 Å². The number of hydrogen-bond donors (Lipinski definition) is 2. The van der Waals surface area contributed by atoms with E-state index in [1.165, 1.54) is 45.0 Å². The fourth-order valence-corrected chi connectivity index (χ4v) is 7.62. The normalized spacial score (nSPS) is 18.2. The average molecular weight is 565 g/mol. The number of rotatable bonds is 4. The minimum absolute atomic E-state index is 0.299. The summed E-state index contributed by atoms with van der Waals surface area (Å²) in [7, 11) is 0. The highest BCUT2D eigenvalue weighted by molar-refractivity contribution is 5.52. The van der Waals surface area contributed by atoms with Crippen LogP contribution < -0.4 is 0 Å². The minimum Gasteiger partial charge on any atom is -0.360 e. The lowest BCUT2D eigenvalue weighted by atomic mass is 9.78. The largest absolute Gasteiger partial charge is 0.360 e. The molecule has 0 saturated heterocycles. The van der Waals surface area contributed by atoms with Crippen LogP contribution in [0, 0.1) is 0 Å². The van der Waals surface area contributed by atoms with Gasteiger partial charge in [-0.2, -0.15) is 0 Å². The van der Waals surface area contributed by atoms with Gasteiger partial charge in [0.2, 0.25) is 0 Å². The highest BCUT2D eigenvalue weighted by Gasteiger charge is 2.40. The van der Waals surface area contributed by atoms with Crippen LogP contribution in [0.15, 0.2) is 36.4 Å². The lowest BCUT2D eigenvalue weighted by Gasteiger charge is -2.31. The molecule has 1 aliphatic rings. The first kappa shape index (κ1) is 30.3. The fourth-order valence-electron chi connectivity index (χ4n) is 7.62. The van der Waals surface area contributed by atoms with Crippen molar-refractivity contribution in [1.82, 2.24) is 19.9 Å². The highest BCUT2D eigenvalue weighted by atomic mass is 14.9. The molecule has 4 heteroatoms. The molecule has 8 bridgehead atoms. The van der Waals surface area contributed by atoms with Crippen LogP contribution in [0.3, 0.4) is 0 Å². The first-order valence-electron chi connectivity index (χ1n) is 16.1. The summed E-state index contributed by atoms with van der Waals surface area (Å²) in [5, 5.41) is 0. The molecule has 0 aromatic carbocycles. The van der Waals surface area contributed by atoms with E-state index in [-0.39, 0.29) is 21.7 Å². The van der Waals surface area contributed by atoms with E-state index in [4.69, 9.17) is 9.97 Å². The lowest BCUT2D eigenvalue weighted by Crippen LogP contribution is -2.29. The number of aromatic nitrogens is 4. The number of nitrogens with one attached hydrogen (secondary N) is 2. The Labute approximate surface area is 254 Å². The van der Waals surface area contributed by atoms with Crippen molar-refractivity contribution in [3.05, 3.63) is 104 Å². The SMILES string of the molecule is CCc1c2[nH]c(c1CC)C(C)(C)c1cccc(n1)C(C)(C)c1[nH]c(c(CC)c1CC)C(C)(C)c1cccc(n1)C2(C)C. The summed E-state index contributed by atoms with van der Waals surface area (Å²) < 4.78 is 0. The van der Waals surface area contributed by atoms with Crippen molar-refractivity contribution >= 4 is 0 Å². The van der Waals surface area contributed by atoms with Gasteiger partial charge in [-0.25, -0.2) is 0 Å². The number of fused-ring (bicyclic) bond motifs is 8. The van der Waals surface area contributed by atoms with Crippen LogP contribution in [0.5, 0.6) is 0 Å². The van der Waals surface area contributed by atoms with Gasteiger partial charge in [0.05, 0.1) is 22.8 Å². The first-order valence-corrected chi connectivity index (χ1v) is 16.1. The van der Waals surface area contributed by atoms with Gasteiger partial charge in [0, 0.05) is 44.4 Å². The second kappa shape index (κ2) is 10.2. The summed E-state index contributed by atoms with van der Waals surface area (Å²) in [5.74, 6) is 0. The van der Waals surface area contributed by atoms with E-state index >= 15 is 0 Å². The monoisotopic (exact) mass is 564 g/mol. The van der Waals surface area contributed by atoms with Gasteiger partial charge >= 0.3 is 0 Å². The van der Waals surface area contributed by atoms with Crippen LogP contribution in [0.2, 0.25) is 0 Å². The maximum Gasteiger partial charge on any atom is 0.0522 e. The smallest absolute Gasteiger partial charge is 0.0522 e. The standard InChI is InChI=1S/C38H52N4/c1-13-23-24(14-2)32-36(7,8)28-20-18-22-30(40-28)38(11,12)34-26(16-4)25(15-3)33(42-34)37(9,10)29-21-17-19-27(39-29)35(5,6)31(23)41-32/h17-22,41-42H,13-16H2,1-12H3. The molecule has 2 N–H and O–H groups in total. The van der Waals surface area contributed by atoms with Crippen molar-refractivity contribution in [2.45, 2.75) is 130 Å². The summed E-state index contributed by atoms with van der Waals surface area (Å²) >= 11 is 0. The Balaban J connectivity index is 1.93. The van der Waals surface area contributed by atoms with Gasteiger partial charge in [-0.1, -0.05) is 39.8 Å². The number of nitrogens with zero attached hydrogens (tertiary/aromatic N) is 2. The number of pyridine rings is 2. The van der Waals surface area contributed by atoms with E-state index in [1.54, 1.807) is 0 Å². The van der Waals surface area contributed by atoms with Crippen LogP contribution in [0.25, 0.3) is 0 Å². The zero-order valence-electron chi connectivity index (χ0n) is 28.2. The number of H-pyrrole nitrogens is 2. The van der Waals surface area contributed by atoms with Crippen molar-refractivity contribution in [3.63, 3.8) is 0 Å². The summed E-state index contributed by atoms with van der Waals surface area (Å²) in [5.41, 5.74) is 14.0. The predicted octanol–water partition coefficient (Wildman–Crippen LogP) is 9.00. The van der Waals surface area contributed by atoms with E-state index in [9.17, 15) is 0 Å². The Kier molecular flexibility index (Phi) is 7.40. The molecule has 0 amide bonds. The molecule has 4 nitrogen and oxygen atoms in total. The summed E-state index contributed by atoms with van der Waals surface area (Å²) in [6, 6.07) is 13.3. The van der Waals surface area contributed by atoms with Crippen molar-refractivity contribution in [3.8, 4) is 0 Å². The van der Waals surface area contributed by atoms with Crippen LogP contribution in [0.1, 0.15) is 151 Å². The Morgan fingerprint density at radius 3 is 0.833 bits per heavy atom. The molecule has 0 saturated carbocycles. The molecule has 0 fully saturated rings. The van der Waals surface area contributed by atoms with Gasteiger partial charge in [0.1, 0.15) is 0 Å². The highest BCUT2D eigenvalue weighted by Crippen LogP contribution is 2.44. The molecule has 224 valence electrons. The molecule has 4 aromatic heterocycles. The Hall–Kier alpha value is -3.14. The van der Waals surface area contributed by atoms with E-state index in [0.717, 1.165) is 48.5 Å². The zero-order valence-corrected chi connectivity index (χ0v) is 28.2.